The van der Waals surface area contributed by atoms with Crippen molar-refractivity contribution in [1.82, 2.24) is 9.78 Å². The minimum absolute atomic E-state index is 0.0129. The summed E-state index contributed by atoms with van der Waals surface area (Å²) in [6.45, 7) is 5.10. The third kappa shape index (κ3) is 1.45. The van der Waals surface area contributed by atoms with Gasteiger partial charge in [-0.2, -0.15) is 5.10 Å². The maximum absolute atomic E-state index is 12.1. The summed E-state index contributed by atoms with van der Waals surface area (Å²) in [7, 11) is 1.94. The number of nitrogens with one attached hydrogen (secondary N) is 1. The fraction of sp³-hybridized carbons (Fsp3) is 0.667. The molecule has 92 valence electrons. The van der Waals surface area contributed by atoms with Gasteiger partial charge in [0.15, 0.2) is 5.82 Å². The van der Waals surface area contributed by atoms with Crippen LogP contribution < -0.4 is 10.2 Å². The first-order valence-electron chi connectivity index (χ1n) is 6.19. The van der Waals surface area contributed by atoms with Crippen LogP contribution in [0.3, 0.4) is 0 Å². The normalized spacial score (nSPS) is 27.5. The molecule has 0 bridgehead atoms. The van der Waals surface area contributed by atoms with Gasteiger partial charge in [0.2, 0.25) is 5.91 Å². The molecule has 0 saturated carbocycles. The second kappa shape index (κ2) is 3.48. The number of aromatic nitrogens is 2. The molecule has 0 spiro atoms. The highest BCUT2D eigenvalue weighted by Gasteiger charge is 2.39. The standard InChI is InChI=1S/C12H18N4O/c1-7-4-5-16-9(6-7)11(17)13-10-8(2)14-15(3)12(10)16/h7,9H,4-6H2,1-3H3,(H,13,17). The number of amides is 1. The number of aryl methyl sites for hydroxylation is 2. The first kappa shape index (κ1) is 10.6. The van der Waals surface area contributed by atoms with Gasteiger partial charge in [0, 0.05) is 13.6 Å². The summed E-state index contributed by atoms with van der Waals surface area (Å²) in [4.78, 5) is 14.3. The van der Waals surface area contributed by atoms with Gasteiger partial charge in [0.1, 0.15) is 11.7 Å². The molecule has 1 aromatic rings. The third-order valence-corrected chi connectivity index (χ3v) is 3.88. The number of hydrogen-bond donors (Lipinski definition) is 1. The van der Waals surface area contributed by atoms with E-state index in [1.165, 1.54) is 0 Å². The van der Waals surface area contributed by atoms with E-state index in [4.69, 9.17) is 0 Å². The maximum atomic E-state index is 12.1. The van der Waals surface area contributed by atoms with Crippen molar-refractivity contribution in [2.75, 3.05) is 16.8 Å². The quantitative estimate of drug-likeness (QED) is 0.736. The van der Waals surface area contributed by atoms with E-state index in [-0.39, 0.29) is 11.9 Å². The van der Waals surface area contributed by atoms with Gasteiger partial charge in [-0.3, -0.25) is 9.48 Å². The molecule has 5 nitrogen and oxygen atoms in total. The van der Waals surface area contributed by atoms with Crippen molar-refractivity contribution in [2.24, 2.45) is 13.0 Å². The Hall–Kier alpha value is -1.52. The molecule has 1 amide bonds. The van der Waals surface area contributed by atoms with Gasteiger partial charge >= 0.3 is 0 Å². The van der Waals surface area contributed by atoms with Crippen LogP contribution in [0.2, 0.25) is 0 Å². The average Bonchev–Trinajstić information content (AvgIpc) is 2.55. The number of piperidine rings is 1. The van der Waals surface area contributed by atoms with Crippen LogP contribution in [0, 0.1) is 12.8 Å². The second-order valence-electron chi connectivity index (χ2n) is 5.24. The van der Waals surface area contributed by atoms with E-state index >= 15 is 0 Å². The Labute approximate surface area is 101 Å². The summed E-state index contributed by atoms with van der Waals surface area (Å²) >= 11 is 0. The molecule has 2 unspecified atom stereocenters. The molecule has 2 aliphatic rings. The average molecular weight is 234 g/mol. The molecule has 1 fully saturated rings. The molecule has 0 radical (unpaired) electrons. The Morgan fingerprint density at radius 1 is 1.47 bits per heavy atom. The first-order chi connectivity index (χ1) is 8.08. The van der Waals surface area contributed by atoms with E-state index in [1.54, 1.807) is 0 Å². The van der Waals surface area contributed by atoms with Crippen molar-refractivity contribution >= 4 is 17.4 Å². The Balaban J connectivity index is 2.07. The number of carbonyl (C=O) groups is 1. The Morgan fingerprint density at radius 2 is 2.24 bits per heavy atom. The Bertz CT molecular complexity index is 479. The Morgan fingerprint density at radius 3 is 3.00 bits per heavy atom. The highest BCUT2D eigenvalue weighted by molar-refractivity contribution is 6.03. The molecular formula is C12H18N4O. The molecule has 1 aromatic heterocycles. The fourth-order valence-corrected chi connectivity index (χ4v) is 2.97. The molecule has 1 saturated heterocycles. The van der Waals surface area contributed by atoms with Gasteiger partial charge in [0.25, 0.3) is 0 Å². The van der Waals surface area contributed by atoms with Gasteiger partial charge in [-0.05, 0) is 25.7 Å². The number of rotatable bonds is 0. The third-order valence-electron chi connectivity index (χ3n) is 3.88. The predicted octanol–water partition coefficient (Wildman–Crippen LogP) is 1.29. The van der Waals surface area contributed by atoms with Crippen LogP contribution in [-0.2, 0) is 11.8 Å². The lowest BCUT2D eigenvalue weighted by molar-refractivity contribution is -0.118. The smallest absolute Gasteiger partial charge is 0.247 e. The van der Waals surface area contributed by atoms with Crippen molar-refractivity contribution in [3.8, 4) is 0 Å². The van der Waals surface area contributed by atoms with Crippen LogP contribution in [0.5, 0.6) is 0 Å². The number of anilines is 2. The first-order valence-corrected chi connectivity index (χ1v) is 6.19. The zero-order valence-electron chi connectivity index (χ0n) is 10.5. The lowest BCUT2D eigenvalue weighted by atomic mass is 9.90. The van der Waals surface area contributed by atoms with Gasteiger partial charge in [-0.25, -0.2) is 0 Å². The van der Waals surface area contributed by atoms with E-state index in [1.807, 2.05) is 18.7 Å². The molecule has 1 N–H and O–H groups in total. The number of fused-ring (bicyclic) bond motifs is 3. The molecule has 0 aromatic carbocycles. The lowest BCUT2D eigenvalue weighted by Crippen LogP contribution is -2.52. The lowest BCUT2D eigenvalue weighted by Gasteiger charge is -2.41. The van der Waals surface area contributed by atoms with Gasteiger partial charge in [-0.1, -0.05) is 6.92 Å². The van der Waals surface area contributed by atoms with E-state index in [0.717, 1.165) is 36.6 Å². The van der Waals surface area contributed by atoms with E-state index in [2.05, 4.69) is 22.2 Å². The topological polar surface area (TPSA) is 50.2 Å². The van der Waals surface area contributed by atoms with Crippen molar-refractivity contribution in [3.05, 3.63) is 5.69 Å². The van der Waals surface area contributed by atoms with Crippen molar-refractivity contribution < 1.29 is 4.79 Å². The zero-order chi connectivity index (χ0) is 12.2. The molecule has 17 heavy (non-hydrogen) atoms. The van der Waals surface area contributed by atoms with Crippen LogP contribution in [0.4, 0.5) is 11.5 Å². The van der Waals surface area contributed by atoms with Crippen LogP contribution in [0.15, 0.2) is 0 Å². The van der Waals surface area contributed by atoms with E-state index < -0.39 is 0 Å². The number of carbonyl (C=O) groups excluding carboxylic acids is 1. The summed E-state index contributed by atoms with van der Waals surface area (Å²) in [5.74, 6) is 1.82. The minimum Gasteiger partial charge on any atom is -0.343 e. The summed E-state index contributed by atoms with van der Waals surface area (Å²) < 4.78 is 1.88. The van der Waals surface area contributed by atoms with Crippen molar-refractivity contribution in [2.45, 2.75) is 32.7 Å². The monoisotopic (exact) mass is 234 g/mol. The van der Waals surface area contributed by atoms with Crippen LogP contribution in [-0.4, -0.2) is 28.3 Å². The highest BCUT2D eigenvalue weighted by Crippen LogP contribution is 2.38. The second-order valence-corrected chi connectivity index (χ2v) is 5.24. The molecule has 5 heteroatoms. The highest BCUT2D eigenvalue weighted by atomic mass is 16.2. The molecule has 2 aliphatic heterocycles. The van der Waals surface area contributed by atoms with Gasteiger partial charge in [-0.15, -0.1) is 0 Å². The predicted molar refractivity (Wildman–Crippen MR) is 66.1 cm³/mol. The summed E-state index contributed by atoms with van der Waals surface area (Å²) in [5.41, 5.74) is 1.79. The number of nitrogens with zero attached hydrogens (tertiary/aromatic N) is 3. The van der Waals surface area contributed by atoms with Crippen LogP contribution >= 0.6 is 0 Å². The SMILES string of the molecule is Cc1nn(C)c2c1NC(=O)C1CC(C)CCN21. The number of hydrogen-bond acceptors (Lipinski definition) is 3. The molecule has 0 aliphatic carbocycles. The fourth-order valence-electron chi connectivity index (χ4n) is 2.97. The molecule has 3 rings (SSSR count). The summed E-state index contributed by atoms with van der Waals surface area (Å²) in [6.07, 6.45) is 2.09. The van der Waals surface area contributed by atoms with Crippen LogP contribution in [0.1, 0.15) is 25.5 Å². The summed E-state index contributed by atoms with van der Waals surface area (Å²) in [5, 5.41) is 7.40. The Kier molecular flexibility index (Phi) is 2.18. The molecule has 3 heterocycles. The molecule has 2 atom stereocenters. The van der Waals surface area contributed by atoms with Crippen molar-refractivity contribution in [1.29, 1.82) is 0 Å². The van der Waals surface area contributed by atoms with Gasteiger partial charge < -0.3 is 10.2 Å². The van der Waals surface area contributed by atoms with E-state index in [9.17, 15) is 4.79 Å². The van der Waals surface area contributed by atoms with Crippen molar-refractivity contribution in [3.63, 3.8) is 0 Å². The largest absolute Gasteiger partial charge is 0.343 e. The zero-order valence-corrected chi connectivity index (χ0v) is 10.5. The minimum atomic E-state index is -0.0129. The van der Waals surface area contributed by atoms with Crippen LogP contribution in [0.25, 0.3) is 0 Å². The molecular weight excluding hydrogens is 216 g/mol. The maximum Gasteiger partial charge on any atom is 0.247 e. The summed E-state index contributed by atoms with van der Waals surface area (Å²) in [6, 6.07) is -0.0129. The van der Waals surface area contributed by atoms with E-state index in [0.29, 0.717) is 5.92 Å². The van der Waals surface area contributed by atoms with Gasteiger partial charge in [0.05, 0.1) is 5.69 Å².